The molecule has 0 bridgehead atoms. The molecule has 9 heteroatoms. The van der Waals surface area contributed by atoms with Crippen LogP contribution in [-0.2, 0) is 17.5 Å². The highest BCUT2D eigenvalue weighted by Crippen LogP contribution is 2.35. The molecule has 0 atom stereocenters. The first kappa shape index (κ1) is 23.1. The van der Waals surface area contributed by atoms with Crippen LogP contribution in [0, 0.1) is 5.92 Å². The predicted octanol–water partition coefficient (Wildman–Crippen LogP) is 3.71. The second-order valence-corrected chi connectivity index (χ2v) is 7.28. The molecule has 158 valence electrons. The summed E-state index contributed by atoms with van der Waals surface area (Å²) in [6.07, 6.45) is -2.38. The monoisotopic (exact) mass is 512 g/mol. The van der Waals surface area contributed by atoms with Crippen molar-refractivity contribution in [3.63, 3.8) is 0 Å². The van der Waals surface area contributed by atoms with Crippen molar-refractivity contribution < 1.29 is 17.9 Å². The largest absolute Gasteiger partial charge is 0.416 e. The fraction of sp³-hybridized carbons (Fsp3) is 0.632. The van der Waals surface area contributed by atoms with Gasteiger partial charge in [0.15, 0.2) is 5.96 Å². The zero-order chi connectivity index (χ0) is 19.4. The van der Waals surface area contributed by atoms with E-state index in [0.717, 1.165) is 25.9 Å². The van der Waals surface area contributed by atoms with Crippen LogP contribution in [0.3, 0.4) is 0 Å². The van der Waals surface area contributed by atoms with E-state index in [2.05, 4.69) is 11.9 Å². The van der Waals surface area contributed by atoms with Crippen molar-refractivity contribution in [1.29, 1.82) is 0 Å². The van der Waals surface area contributed by atoms with Crippen molar-refractivity contribution in [2.75, 3.05) is 44.3 Å². The quantitative estimate of drug-likeness (QED) is 0.382. The third-order valence-electron chi connectivity index (χ3n) is 5.29. The number of guanidine groups is 1. The second-order valence-electron chi connectivity index (χ2n) is 7.28. The second kappa shape index (κ2) is 10.00. The van der Waals surface area contributed by atoms with E-state index in [4.69, 9.17) is 10.5 Å². The Morgan fingerprint density at radius 3 is 2.43 bits per heavy atom. The minimum Gasteiger partial charge on any atom is -0.378 e. The van der Waals surface area contributed by atoms with Gasteiger partial charge >= 0.3 is 6.18 Å². The van der Waals surface area contributed by atoms with Crippen LogP contribution >= 0.6 is 24.0 Å². The van der Waals surface area contributed by atoms with Crippen LogP contribution in [0.4, 0.5) is 18.9 Å². The van der Waals surface area contributed by atoms with Crippen molar-refractivity contribution in [3.05, 3.63) is 29.3 Å². The summed E-state index contributed by atoms with van der Waals surface area (Å²) in [5, 5.41) is 0. The Labute approximate surface area is 181 Å². The van der Waals surface area contributed by atoms with E-state index in [1.165, 1.54) is 12.1 Å². The van der Waals surface area contributed by atoms with Gasteiger partial charge in [-0.25, -0.2) is 4.99 Å². The number of ether oxygens (including phenoxy) is 1. The molecule has 2 heterocycles. The van der Waals surface area contributed by atoms with Crippen LogP contribution in [0.5, 0.6) is 0 Å². The first-order valence-electron chi connectivity index (χ1n) is 9.42. The minimum atomic E-state index is -4.43. The topological polar surface area (TPSA) is 54.1 Å². The number of hydrogen-bond acceptors (Lipinski definition) is 3. The van der Waals surface area contributed by atoms with Gasteiger partial charge in [-0.15, -0.1) is 24.0 Å². The van der Waals surface area contributed by atoms with Crippen LogP contribution in [0.1, 0.15) is 30.9 Å². The summed E-state index contributed by atoms with van der Waals surface area (Å²) < 4.78 is 46.0. The number of halogens is 4. The number of nitrogens with zero attached hydrogens (tertiary/aromatic N) is 3. The summed E-state index contributed by atoms with van der Waals surface area (Å²) in [4.78, 5) is 8.11. The van der Waals surface area contributed by atoms with Crippen LogP contribution in [-0.4, -0.2) is 50.3 Å². The number of likely N-dealkylation sites (tertiary alicyclic amines) is 1. The fourth-order valence-electron chi connectivity index (χ4n) is 3.49. The van der Waals surface area contributed by atoms with Gasteiger partial charge in [0.2, 0.25) is 0 Å². The minimum absolute atomic E-state index is 0. The van der Waals surface area contributed by atoms with Gasteiger partial charge in [-0.2, -0.15) is 13.2 Å². The Bertz CT molecular complexity index is 670. The number of piperidine rings is 1. The van der Waals surface area contributed by atoms with E-state index in [1.807, 2.05) is 9.80 Å². The van der Waals surface area contributed by atoms with Crippen LogP contribution in [0.25, 0.3) is 0 Å². The maximum atomic E-state index is 13.6. The fourth-order valence-corrected chi connectivity index (χ4v) is 3.49. The lowest BCUT2D eigenvalue weighted by Gasteiger charge is -2.31. The third kappa shape index (κ3) is 5.88. The van der Waals surface area contributed by atoms with E-state index in [1.54, 1.807) is 6.07 Å². The molecule has 1 aromatic rings. The average Bonchev–Trinajstić information content (AvgIpc) is 2.66. The van der Waals surface area contributed by atoms with E-state index in [9.17, 15) is 13.2 Å². The van der Waals surface area contributed by atoms with Crippen LogP contribution < -0.4 is 10.6 Å². The Kier molecular flexibility index (Phi) is 8.23. The summed E-state index contributed by atoms with van der Waals surface area (Å²) in [6.45, 7) is 5.96. The number of alkyl halides is 3. The summed E-state index contributed by atoms with van der Waals surface area (Å²) in [6, 6.07) is 4.46. The van der Waals surface area contributed by atoms with E-state index < -0.39 is 11.7 Å². The number of hydrogen-bond donors (Lipinski definition) is 1. The van der Waals surface area contributed by atoms with Crippen molar-refractivity contribution in [1.82, 2.24) is 4.90 Å². The van der Waals surface area contributed by atoms with Gasteiger partial charge < -0.3 is 20.3 Å². The molecule has 0 unspecified atom stereocenters. The van der Waals surface area contributed by atoms with E-state index in [-0.39, 0.29) is 36.1 Å². The molecule has 0 saturated carbocycles. The van der Waals surface area contributed by atoms with Gasteiger partial charge in [0.1, 0.15) is 0 Å². The summed E-state index contributed by atoms with van der Waals surface area (Å²) in [5.41, 5.74) is 6.09. The zero-order valence-corrected chi connectivity index (χ0v) is 18.4. The lowest BCUT2D eigenvalue weighted by Crippen LogP contribution is -2.42. The molecule has 2 aliphatic rings. The van der Waals surface area contributed by atoms with Gasteiger partial charge in [-0.1, -0.05) is 13.0 Å². The SMILES string of the molecule is CC1CCN(C(N)=NCc2ccc(N3CCOCC3)cc2C(F)(F)F)CC1.I. The number of morpholine rings is 1. The highest BCUT2D eigenvalue weighted by Gasteiger charge is 2.34. The molecule has 1 aromatic carbocycles. The molecule has 2 N–H and O–H groups in total. The highest BCUT2D eigenvalue weighted by atomic mass is 127. The summed E-state index contributed by atoms with van der Waals surface area (Å²) in [5.74, 6) is 0.978. The standard InChI is InChI=1S/C19H27F3N4O.HI/c1-14-4-6-26(7-5-14)18(23)24-13-15-2-3-16(12-17(15)19(20,21)22)25-8-10-27-11-9-25;/h2-3,12,14H,4-11,13H2,1H3,(H2,23,24);1H. The van der Waals surface area contributed by atoms with Crippen LogP contribution in [0.2, 0.25) is 0 Å². The Morgan fingerprint density at radius 1 is 1.18 bits per heavy atom. The van der Waals surface area contributed by atoms with Gasteiger partial charge in [-0.05, 0) is 36.5 Å². The van der Waals surface area contributed by atoms with E-state index >= 15 is 0 Å². The molecule has 0 amide bonds. The molecule has 5 nitrogen and oxygen atoms in total. The zero-order valence-electron chi connectivity index (χ0n) is 16.0. The smallest absolute Gasteiger partial charge is 0.378 e. The summed E-state index contributed by atoms with van der Waals surface area (Å²) >= 11 is 0. The molecule has 0 spiro atoms. The number of aliphatic imine (C=N–C) groups is 1. The molecule has 0 radical (unpaired) electrons. The first-order chi connectivity index (χ1) is 12.8. The number of nitrogens with two attached hydrogens (primary N) is 1. The molecular formula is C19H28F3IN4O. The number of anilines is 1. The van der Waals surface area contributed by atoms with Crippen molar-refractivity contribution in [2.24, 2.45) is 16.6 Å². The Morgan fingerprint density at radius 2 is 1.82 bits per heavy atom. The predicted molar refractivity (Wildman–Crippen MR) is 115 cm³/mol. The summed E-state index contributed by atoms with van der Waals surface area (Å²) in [7, 11) is 0. The molecular weight excluding hydrogens is 484 g/mol. The Balaban J connectivity index is 0.00000280. The Hall–Kier alpha value is -1.23. The molecule has 3 rings (SSSR count). The lowest BCUT2D eigenvalue weighted by molar-refractivity contribution is -0.138. The van der Waals surface area contributed by atoms with Gasteiger partial charge in [0.05, 0.1) is 25.3 Å². The van der Waals surface area contributed by atoms with Crippen molar-refractivity contribution in [2.45, 2.75) is 32.5 Å². The average molecular weight is 512 g/mol. The van der Waals surface area contributed by atoms with Crippen LogP contribution in [0.15, 0.2) is 23.2 Å². The highest BCUT2D eigenvalue weighted by molar-refractivity contribution is 14.0. The number of benzene rings is 1. The molecule has 0 aliphatic carbocycles. The van der Waals surface area contributed by atoms with Crippen molar-refractivity contribution in [3.8, 4) is 0 Å². The maximum absolute atomic E-state index is 13.6. The normalized spacial score (nSPS) is 19.5. The molecule has 0 aromatic heterocycles. The molecule has 2 saturated heterocycles. The molecule has 28 heavy (non-hydrogen) atoms. The first-order valence-corrected chi connectivity index (χ1v) is 9.42. The number of rotatable bonds is 3. The van der Waals surface area contributed by atoms with Gasteiger partial charge in [-0.3, -0.25) is 0 Å². The maximum Gasteiger partial charge on any atom is 0.416 e. The van der Waals surface area contributed by atoms with E-state index in [0.29, 0.717) is 43.9 Å². The van der Waals surface area contributed by atoms with Gasteiger partial charge in [0.25, 0.3) is 0 Å². The van der Waals surface area contributed by atoms with Crippen molar-refractivity contribution >= 4 is 35.6 Å². The van der Waals surface area contributed by atoms with Gasteiger partial charge in [0, 0.05) is 31.9 Å². The molecule has 2 aliphatic heterocycles. The molecule has 2 fully saturated rings. The lowest BCUT2D eigenvalue weighted by atomic mass is 10.00. The third-order valence-corrected chi connectivity index (χ3v) is 5.29.